The maximum Gasteiger partial charge on any atom is 0.216 e. The molecule has 1 N–H and O–H groups in total. The molecule has 1 aromatic carbocycles. The van der Waals surface area contributed by atoms with Crippen LogP contribution in [-0.2, 0) is 6.54 Å². The molecule has 0 unspecified atom stereocenters. The van der Waals surface area contributed by atoms with E-state index in [1.54, 1.807) is 6.20 Å². The van der Waals surface area contributed by atoms with Crippen molar-refractivity contribution in [2.75, 3.05) is 20.1 Å². The zero-order valence-corrected chi connectivity index (χ0v) is 17.9. The van der Waals surface area contributed by atoms with Gasteiger partial charge in [0.05, 0.1) is 6.20 Å². The number of halogens is 1. The molecule has 6 heteroatoms. The molecule has 0 atom stereocenters. The molecule has 0 bridgehead atoms. The summed E-state index contributed by atoms with van der Waals surface area (Å²) in [6, 6.07) is 8.24. The minimum atomic E-state index is 0. The third-order valence-electron chi connectivity index (χ3n) is 3.80. The largest absolute Gasteiger partial charge is 0.439 e. The van der Waals surface area contributed by atoms with Crippen LogP contribution in [0.5, 0.6) is 0 Å². The minimum Gasteiger partial charge on any atom is -0.439 e. The summed E-state index contributed by atoms with van der Waals surface area (Å²) in [5, 5.41) is 3.31. The lowest BCUT2D eigenvalue weighted by Gasteiger charge is -2.21. The standard InChI is InChI=1S/C19H28N4O.HI/c1-5-7-12-23(4)19(20-6-2)22-14-18-21-13-17(24-18)16-10-8-15(3)9-11-16;/h8-11,13H,5-7,12,14H2,1-4H3,(H,20,22);1H. The zero-order valence-electron chi connectivity index (χ0n) is 15.6. The maximum absolute atomic E-state index is 5.83. The highest BCUT2D eigenvalue weighted by Crippen LogP contribution is 2.21. The van der Waals surface area contributed by atoms with Crippen LogP contribution in [0.3, 0.4) is 0 Å². The fourth-order valence-corrected chi connectivity index (χ4v) is 2.35. The second-order valence-electron chi connectivity index (χ2n) is 5.93. The van der Waals surface area contributed by atoms with Gasteiger partial charge in [-0.2, -0.15) is 0 Å². The van der Waals surface area contributed by atoms with Gasteiger partial charge in [-0.1, -0.05) is 43.2 Å². The Bertz CT molecular complexity index is 652. The molecule has 0 aliphatic rings. The van der Waals surface area contributed by atoms with Crippen LogP contribution in [0.25, 0.3) is 11.3 Å². The van der Waals surface area contributed by atoms with E-state index in [-0.39, 0.29) is 24.0 Å². The smallest absolute Gasteiger partial charge is 0.216 e. The average Bonchev–Trinajstić information content (AvgIpc) is 3.06. The summed E-state index contributed by atoms with van der Waals surface area (Å²) in [6.07, 6.45) is 4.09. The van der Waals surface area contributed by atoms with E-state index in [2.05, 4.69) is 60.1 Å². The number of nitrogens with one attached hydrogen (secondary N) is 1. The van der Waals surface area contributed by atoms with Crippen LogP contribution >= 0.6 is 24.0 Å². The maximum atomic E-state index is 5.83. The van der Waals surface area contributed by atoms with Gasteiger partial charge in [-0.05, 0) is 20.3 Å². The molecule has 2 rings (SSSR count). The third kappa shape index (κ3) is 6.68. The van der Waals surface area contributed by atoms with E-state index in [4.69, 9.17) is 4.42 Å². The number of hydrogen-bond acceptors (Lipinski definition) is 3. The molecule has 0 radical (unpaired) electrons. The lowest BCUT2D eigenvalue weighted by atomic mass is 10.1. The highest BCUT2D eigenvalue weighted by Gasteiger charge is 2.08. The molecular formula is C19H29IN4O. The van der Waals surface area contributed by atoms with Crippen LogP contribution in [0.1, 0.15) is 38.1 Å². The van der Waals surface area contributed by atoms with Gasteiger partial charge in [-0.3, -0.25) is 0 Å². The van der Waals surface area contributed by atoms with Crippen molar-refractivity contribution < 1.29 is 4.42 Å². The lowest BCUT2D eigenvalue weighted by molar-refractivity contribution is 0.459. The second-order valence-corrected chi connectivity index (χ2v) is 5.93. The van der Waals surface area contributed by atoms with Gasteiger partial charge >= 0.3 is 0 Å². The van der Waals surface area contributed by atoms with Crippen LogP contribution < -0.4 is 5.32 Å². The summed E-state index contributed by atoms with van der Waals surface area (Å²) in [7, 11) is 2.06. The Labute approximate surface area is 168 Å². The number of aromatic nitrogens is 1. The highest BCUT2D eigenvalue weighted by molar-refractivity contribution is 14.0. The van der Waals surface area contributed by atoms with Crippen LogP contribution in [0.15, 0.2) is 39.9 Å². The number of aliphatic imine (C=N–C) groups is 1. The Hall–Kier alpha value is -1.57. The number of guanidine groups is 1. The van der Waals surface area contributed by atoms with E-state index in [1.807, 2.05) is 12.1 Å². The number of benzene rings is 1. The Balaban J connectivity index is 0.00000312. The fraction of sp³-hybridized carbons (Fsp3) is 0.474. The van der Waals surface area contributed by atoms with Crippen LogP contribution in [0, 0.1) is 6.92 Å². The molecule has 0 saturated carbocycles. The zero-order chi connectivity index (χ0) is 17.4. The van der Waals surface area contributed by atoms with E-state index < -0.39 is 0 Å². The molecule has 0 aliphatic carbocycles. The quantitative estimate of drug-likeness (QED) is 0.380. The van der Waals surface area contributed by atoms with Gasteiger partial charge in [0, 0.05) is 25.7 Å². The van der Waals surface area contributed by atoms with E-state index in [1.165, 1.54) is 12.0 Å². The summed E-state index contributed by atoms with van der Waals surface area (Å²) in [4.78, 5) is 11.1. The number of unbranched alkanes of at least 4 members (excludes halogenated alkanes) is 1. The fourth-order valence-electron chi connectivity index (χ4n) is 2.35. The van der Waals surface area contributed by atoms with Gasteiger partial charge < -0.3 is 14.6 Å². The Morgan fingerprint density at radius 1 is 1.24 bits per heavy atom. The molecule has 0 amide bonds. The molecule has 0 saturated heterocycles. The lowest BCUT2D eigenvalue weighted by Crippen LogP contribution is -2.39. The van der Waals surface area contributed by atoms with Crippen molar-refractivity contribution in [1.82, 2.24) is 15.2 Å². The first-order valence-corrected chi connectivity index (χ1v) is 8.65. The van der Waals surface area contributed by atoms with Crippen molar-refractivity contribution in [3.63, 3.8) is 0 Å². The Morgan fingerprint density at radius 2 is 1.96 bits per heavy atom. The van der Waals surface area contributed by atoms with E-state index in [0.29, 0.717) is 12.4 Å². The van der Waals surface area contributed by atoms with Crippen molar-refractivity contribution in [1.29, 1.82) is 0 Å². The third-order valence-corrected chi connectivity index (χ3v) is 3.80. The molecule has 1 heterocycles. The predicted octanol–water partition coefficient (Wildman–Crippen LogP) is 4.47. The second kappa shape index (κ2) is 11.1. The van der Waals surface area contributed by atoms with Crippen LogP contribution in [-0.4, -0.2) is 36.0 Å². The SMILES string of the molecule is CCCCN(C)C(=NCc1ncc(-c2ccc(C)cc2)o1)NCC.I. The van der Waals surface area contributed by atoms with Gasteiger partial charge in [0.2, 0.25) is 5.89 Å². The molecule has 25 heavy (non-hydrogen) atoms. The molecule has 0 fully saturated rings. The highest BCUT2D eigenvalue weighted by atomic mass is 127. The topological polar surface area (TPSA) is 53.7 Å². The average molecular weight is 456 g/mol. The van der Waals surface area contributed by atoms with Gasteiger partial charge in [-0.25, -0.2) is 9.98 Å². The first-order valence-electron chi connectivity index (χ1n) is 8.65. The first-order chi connectivity index (χ1) is 11.6. The number of rotatable bonds is 7. The van der Waals surface area contributed by atoms with E-state index >= 15 is 0 Å². The van der Waals surface area contributed by atoms with E-state index in [9.17, 15) is 0 Å². The van der Waals surface area contributed by atoms with Gasteiger partial charge in [0.15, 0.2) is 11.7 Å². The monoisotopic (exact) mass is 456 g/mol. The first kappa shape index (κ1) is 21.5. The number of hydrogen-bond donors (Lipinski definition) is 1. The molecule has 1 aromatic heterocycles. The van der Waals surface area contributed by atoms with Crippen molar-refractivity contribution >= 4 is 29.9 Å². The van der Waals surface area contributed by atoms with E-state index in [0.717, 1.165) is 36.8 Å². The van der Waals surface area contributed by atoms with Crippen molar-refractivity contribution in [2.24, 2.45) is 4.99 Å². The van der Waals surface area contributed by atoms with Gasteiger partial charge in [0.25, 0.3) is 0 Å². The molecule has 2 aromatic rings. The number of oxazole rings is 1. The molecule has 138 valence electrons. The molecule has 5 nitrogen and oxygen atoms in total. The van der Waals surface area contributed by atoms with Gasteiger partial charge in [-0.15, -0.1) is 24.0 Å². The Kier molecular flexibility index (Phi) is 9.55. The summed E-state index contributed by atoms with van der Waals surface area (Å²) < 4.78 is 5.83. The summed E-state index contributed by atoms with van der Waals surface area (Å²) in [5.41, 5.74) is 2.27. The summed E-state index contributed by atoms with van der Waals surface area (Å²) in [5.74, 6) is 2.30. The number of aryl methyl sites for hydroxylation is 1. The normalized spacial score (nSPS) is 11.1. The van der Waals surface area contributed by atoms with Crippen LogP contribution in [0.2, 0.25) is 0 Å². The van der Waals surface area contributed by atoms with Crippen molar-refractivity contribution in [3.8, 4) is 11.3 Å². The number of nitrogens with zero attached hydrogens (tertiary/aromatic N) is 3. The summed E-state index contributed by atoms with van der Waals surface area (Å²) >= 11 is 0. The minimum absolute atomic E-state index is 0. The van der Waals surface area contributed by atoms with Crippen molar-refractivity contribution in [2.45, 2.75) is 40.2 Å². The molecule has 0 spiro atoms. The van der Waals surface area contributed by atoms with Gasteiger partial charge in [0.1, 0.15) is 6.54 Å². The molecule has 0 aliphatic heterocycles. The van der Waals surface area contributed by atoms with Crippen LogP contribution in [0.4, 0.5) is 0 Å². The Morgan fingerprint density at radius 3 is 2.60 bits per heavy atom. The summed E-state index contributed by atoms with van der Waals surface area (Å²) in [6.45, 7) is 8.60. The molecular weight excluding hydrogens is 427 g/mol. The predicted molar refractivity (Wildman–Crippen MR) is 114 cm³/mol. The van der Waals surface area contributed by atoms with Crippen molar-refractivity contribution in [3.05, 3.63) is 41.9 Å².